The van der Waals surface area contributed by atoms with Crippen LogP contribution in [0.5, 0.6) is 0 Å². The Kier molecular flexibility index (Phi) is 6.82. The van der Waals surface area contributed by atoms with E-state index in [4.69, 9.17) is 15.9 Å². The van der Waals surface area contributed by atoms with Crippen molar-refractivity contribution in [3.05, 3.63) is 22.2 Å². The highest BCUT2D eigenvalue weighted by atomic mass is 16.6. The molecule has 2 rings (SSSR count). The molecule has 0 aromatic carbocycles. The standard InChI is InChI=1S/C19H27N3O6/c1-7-12-8-22(17-14(24)13(23)11(6)27-17)18(25)20-16(12)21-19(26)28-15(9(2)3)10(4)5/h1,8-11,13-15,17,23-24H,2-6H3,(H,20,21,25,26)/t11-,13?,14?,17-/m1/s1. The van der Waals surface area contributed by atoms with Gasteiger partial charge in [-0.05, 0) is 18.8 Å². The van der Waals surface area contributed by atoms with Crippen molar-refractivity contribution in [2.24, 2.45) is 11.8 Å². The first-order chi connectivity index (χ1) is 13.1. The molecule has 0 aliphatic carbocycles. The summed E-state index contributed by atoms with van der Waals surface area (Å²) in [5.74, 6) is 2.42. The summed E-state index contributed by atoms with van der Waals surface area (Å²) in [7, 11) is 0. The molecule has 28 heavy (non-hydrogen) atoms. The predicted molar refractivity (Wildman–Crippen MR) is 102 cm³/mol. The molecule has 0 radical (unpaired) electrons. The number of nitrogens with zero attached hydrogens (tertiary/aromatic N) is 2. The molecule has 9 nitrogen and oxygen atoms in total. The van der Waals surface area contributed by atoms with E-state index >= 15 is 0 Å². The van der Waals surface area contributed by atoms with Gasteiger partial charge in [-0.1, -0.05) is 33.6 Å². The van der Waals surface area contributed by atoms with E-state index in [1.807, 2.05) is 27.7 Å². The second-order valence-corrected chi connectivity index (χ2v) is 7.53. The first kappa shape index (κ1) is 21.9. The van der Waals surface area contributed by atoms with Crippen molar-refractivity contribution in [3.8, 4) is 12.3 Å². The van der Waals surface area contributed by atoms with Crippen LogP contribution >= 0.6 is 0 Å². The number of terminal acetylenes is 1. The number of aliphatic hydroxyl groups is 2. The van der Waals surface area contributed by atoms with E-state index < -0.39 is 36.3 Å². The molecule has 1 aromatic rings. The molecule has 0 spiro atoms. The van der Waals surface area contributed by atoms with Gasteiger partial charge in [0.1, 0.15) is 18.3 Å². The molecule has 154 valence electrons. The highest BCUT2D eigenvalue weighted by Crippen LogP contribution is 2.28. The van der Waals surface area contributed by atoms with Gasteiger partial charge in [0, 0.05) is 6.20 Å². The first-order valence-corrected chi connectivity index (χ1v) is 9.15. The molecule has 0 saturated carbocycles. The average molecular weight is 393 g/mol. The summed E-state index contributed by atoms with van der Waals surface area (Å²) >= 11 is 0. The summed E-state index contributed by atoms with van der Waals surface area (Å²) in [5.41, 5.74) is -0.698. The van der Waals surface area contributed by atoms with Crippen LogP contribution in [0.25, 0.3) is 0 Å². The van der Waals surface area contributed by atoms with Gasteiger partial charge in [0.25, 0.3) is 0 Å². The van der Waals surface area contributed by atoms with Crippen molar-refractivity contribution in [1.82, 2.24) is 9.55 Å². The third kappa shape index (κ3) is 4.52. The second-order valence-electron chi connectivity index (χ2n) is 7.53. The van der Waals surface area contributed by atoms with Gasteiger partial charge in [-0.3, -0.25) is 9.88 Å². The molecule has 1 aliphatic rings. The molecule has 3 N–H and O–H groups in total. The SMILES string of the molecule is C#Cc1cn([C@@H]2O[C@H](C)C(O)C2O)c(=O)nc1NC(=O)OC(C(C)C)C(C)C. The molecule has 4 atom stereocenters. The van der Waals surface area contributed by atoms with E-state index in [1.165, 1.54) is 6.20 Å². The van der Waals surface area contributed by atoms with E-state index in [0.717, 1.165) is 4.57 Å². The van der Waals surface area contributed by atoms with Crippen LogP contribution in [0, 0.1) is 24.2 Å². The summed E-state index contributed by atoms with van der Waals surface area (Å²) in [6.07, 6.45) is 1.36. The van der Waals surface area contributed by atoms with Crippen LogP contribution in [0.4, 0.5) is 10.6 Å². The molecule has 2 heterocycles. The van der Waals surface area contributed by atoms with Crippen molar-refractivity contribution < 1.29 is 24.5 Å². The molecule has 1 fully saturated rings. The lowest BCUT2D eigenvalue weighted by atomic mass is 9.96. The molecular formula is C19H27N3O6. The lowest BCUT2D eigenvalue weighted by Gasteiger charge is -2.25. The van der Waals surface area contributed by atoms with E-state index in [1.54, 1.807) is 6.92 Å². The zero-order chi connectivity index (χ0) is 21.2. The number of nitrogens with one attached hydrogen (secondary N) is 1. The second kappa shape index (κ2) is 8.73. The quantitative estimate of drug-likeness (QED) is 0.640. The Morgan fingerprint density at radius 2 is 1.93 bits per heavy atom. The Morgan fingerprint density at radius 1 is 1.32 bits per heavy atom. The van der Waals surface area contributed by atoms with Crippen LogP contribution in [0.3, 0.4) is 0 Å². The number of aliphatic hydroxyl groups excluding tert-OH is 2. The van der Waals surface area contributed by atoms with Crippen LogP contribution in [-0.4, -0.2) is 50.3 Å². The lowest BCUT2D eigenvalue weighted by Crippen LogP contribution is -2.36. The minimum absolute atomic E-state index is 0.104. The van der Waals surface area contributed by atoms with E-state index in [0.29, 0.717) is 0 Å². The zero-order valence-corrected chi connectivity index (χ0v) is 16.6. The fourth-order valence-corrected chi connectivity index (χ4v) is 3.20. The summed E-state index contributed by atoms with van der Waals surface area (Å²) in [6, 6.07) is 0. The summed E-state index contributed by atoms with van der Waals surface area (Å²) < 4.78 is 11.8. The topological polar surface area (TPSA) is 123 Å². The fraction of sp³-hybridized carbons (Fsp3) is 0.632. The maximum atomic E-state index is 12.4. The van der Waals surface area contributed by atoms with Gasteiger partial charge < -0.3 is 19.7 Å². The first-order valence-electron chi connectivity index (χ1n) is 9.15. The maximum Gasteiger partial charge on any atom is 0.413 e. The van der Waals surface area contributed by atoms with Gasteiger partial charge >= 0.3 is 11.8 Å². The number of aromatic nitrogens is 2. The van der Waals surface area contributed by atoms with Crippen LogP contribution in [0.1, 0.15) is 46.4 Å². The predicted octanol–water partition coefficient (Wildman–Crippen LogP) is 1.09. The van der Waals surface area contributed by atoms with E-state index in [2.05, 4.69) is 16.2 Å². The third-order valence-electron chi connectivity index (χ3n) is 4.64. The number of ether oxygens (including phenoxy) is 2. The number of carbonyl (C=O) groups is 1. The van der Waals surface area contributed by atoms with Gasteiger partial charge in [0.05, 0.1) is 11.7 Å². The molecule has 1 saturated heterocycles. The molecule has 1 aliphatic heterocycles. The number of anilines is 1. The number of hydrogen-bond acceptors (Lipinski definition) is 7. The molecule has 9 heteroatoms. The largest absolute Gasteiger partial charge is 0.445 e. The van der Waals surface area contributed by atoms with E-state index in [9.17, 15) is 19.8 Å². The molecule has 0 bridgehead atoms. The van der Waals surface area contributed by atoms with Gasteiger partial charge in [-0.15, -0.1) is 6.42 Å². The van der Waals surface area contributed by atoms with Gasteiger partial charge in [-0.2, -0.15) is 4.98 Å². The van der Waals surface area contributed by atoms with Crippen molar-refractivity contribution in [2.45, 2.75) is 65.3 Å². The lowest BCUT2D eigenvalue weighted by molar-refractivity contribution is -0.0350. The van der Waals surface area contributed by atoms with Crippen LogP contribution in [0.15, 0.2) is 11.0 Å². The Morgan fingerprint density at radius 3 is 2.39 bits per heavy atom. The van der Waals surface area contributed by atoms with Crippen molar-refractivity contribution in [2.75, 3.05) is 5.32 Å². The van der Waals surface area contributed by atoms with Crippen molar-refractivity contribution in [3.63, 3.8) is 0 Å². The Hall–Kier alpha value is -2.41. The zero-order valence-electron chi connectivity index (χ0n) is 16.6. The van der Waals surface area contributed by atoms with E-state index in [-0.39, 0.29) is 29.3 Å². The van der Waals surface area contributed by atoms with Crippen LogP contribution in [0.2, 0.25) is 0 Å². The molecule has 1 amide bonds. The highest BCUT2D eigenvalue weighted by Gasteiger charge is 2.42. The van der Waals surface area contributed by atoms with Crippen LogP contribution in [-0.2, 0) is 9.47 Å². The smallest absolute Gasteiger partial charge is 0.413 e. The number of amides is 1. The average Bonchev–Trinajstić information content (AvgIpc) is 2.86. The summed E-state index contributed by atoms with van der Waals surface area (Å²) in [5, 5.41) is 22.3. The van der Waals surface area contributed by atoms with Crippen molar-refractivity contribution >= 4 is 11.9 Å². The highest BCUT2D eigenvalue weighted by molar-refractivity contribution is 5.85. The minimum atomic E-state index is -1.32. The molecule has 1 aromatic heterocycles. The monoisotopic (exact) mass is 393 g/mol. The molecular weight excluding hydrogens is 366 g/mol. The summed E-state index contributed by atoms with van der Waals surface area (Å²) in [6.45, 7) is 9.32. The van der Waals surface area contributed by atoms with Crippen molar-refractivity contribution in [1.29, 1.82) is 0 Å². The minimum Gasteiger partial charge on any atom is -0.445 e. The van der Waals surface area contributed by atoms with Crippen LogP contribution < -0.4 is 11.0 Å². The van der Waals surface area contributed by atoms with Gasteiger partial charge in [0.15, 0.2) is 12.0 Å². The maximum absolute atomic E-state index is 12.4. The van der Waals surface area contributed by atoms with Gasteiger partial charge in [0.2, 0.25) is 0 Å². The molecule has 2 unspecified atom stereocenters. The third-order valence-corrected chi connectivity index (χ3v) is 4.64. The number of rotatable bonds is 5. The number of hydrogen-bond donors (Lipinski definition) is 3. The summed E-state index contributed by atoms with van der Waals surface area (Å²) in [4.78, 5) is 28.4. The van der Waals surface area contributed by atoms with Gasteiger partial charge in [-0.25, -0.2) is 9.59 Å². The Balaban J connectivity index is 2.26. The number of carbonyl (C=O) groups excluding carboxylic acids is 1. The fourth-order valence-electron chi connectivity index (χ4n) is 3.20. The Bertz CT molecular complexity index is 805. The Labute approximate surface area is 163 Å². The normalized spacial score (nSPS) is 24.6.